The van der Waals surface area contributed by atoms with Crippen LogP contribution < -0.4 is 9.47 Å². The lowest BCUT2D eigenvalue weighted by Crippen LogP contribution is -1.99. The van der Waals surface area contributed by atoms with Gasteiger partial charge in [-0.3, -0.25) is 4.79 Å². The molecule has 0 bridgehead atoms. The highest BCUT2D eigenvalue weighted by molar-refractivity contribution is 9.11. The molecule has 1 aliphatic heterocycles. The highest BCUT2D eigenvalue weighted by Crippen LogP contribution is 2.47. The van der Waals surface area contributed by atoms with Gasteiger partial charge in [-0.1, -0.05) is 12.1 Å². The Morgan fingerprint density at radius 3 is 2.50 bits per heavy atom. The lowest BCUT2D eigenvalue weighted by Gasteiger charge is -2.08. The first-order valence-electron chi connectivity index (χ1n) is 6.76. The van der Waals surface area contributed by atoms with Gasteiger partial charge in [0.05, 0.1) is 22.7 Å². The molecule has 1 N–H and O–H groups in total. The van der Waals surface area contributed by atoms with E-state index in [0.717, 1.165) is 0 Å². The fourth-order valence-corrected chi connectivity index (χ4v) is 3.82. The number of Topliss-reactive ketones (excluding diaryl/α,β-unsaturated/α-hetero) is 1. The van der Waals surface area contributed by atoms with E-state index in [1.54, 1.807) is 24.3 Å². The molecule has 122 valence electrons. The summed E-state index contributed by atoms with van der Waals surface area (Å²) in [5.41, 5.74) is 1.26. The number of rotatable bonds is 3. The summed E-state index contributed by atoms with van der Waals surface area (Å²) in [4.78, 5) is 23.4. The molecule has 0 aliphatic carbocycles. The summed E-state index contributed by atoms with van der Waals surface area (Å²) >= 11 is 6.74. The van der Waals surface area contributed by atoms with Crippen LogP contribution in [0.1, 0.15) is 26.3 Å². The molecule has 0 atom stereocenters. The second kappa shape index (κ2) is 6.41. The van der Waals surface area contributed by atoms with Crippen LogP contribution in [0.25, 0.3) is 6.08 Å². The van der Waals surface area contributed by atoms with Crippen LogP contribution in [0.3, 0.4) is 0 Å². The Morgan fingerprint density at radius 1 is 1.25 bits per heavy atom. The number of carboxylic acids is 1. The Balaban J connectivity index is 1.98. The van der Waals surface area contributed by atoms with Gasteiger partial charge in [-0.25, -0.2) is 4.79 Å². The Bertz CT molecular complexity index is 885. The number of carboxylic acid groups (broad SMARTS) is 1. The molecule has 0 saturated carbocycles. The molecule has 0 saturated heterocycles. The van der Waals surface area contributed by atoms with Crippen LogP contribution in [-0.2, 0) is 0 Å². The van der Waals surface area contributed by atoms with Gasteiger partial charge in [0.1, 0.15) is 4.47 Å². The van der Waals surface area contributed by atoms with E-state index >= 15 is 0 Å². The molecule has 0 unspecified atom stereocenters. The maximum Gasteiger partial charge on any atom is 0.335 e. The third-order valence-electron chi connectivity index (χ3n) is 3.47. The smallest absolute Gasteiger partial charge is 0.335 e. The summed E-state index contributed by atoms with van der Waals surface area (Å²) in [6.45, 7) is 0. The number of carbonyl (C=O) groups excluding carboxylic acids is 1. The van der Waals surface area contributed by atoms with Crippen molar-refractivity contribution in [3.05, 3.63) is 61.7 Å². The van der Waals surface area contributed by atoms with Crippen molar-refractivity contribution >= 4 is 49.7 Å². The van der Waals surface area contributed by atoms with E-state index in [1.807, 2.05) is 0 Å². The standard InChI is InChI=1S/C17H10Br2O5/c1-23-16-11(18)7-10-14(20)12(24-15(10)13(16)19)6-8-2-4-9(5-3-8)17(21)22/h2-7H,1H3,(H,21,22)/b12-6-. The predicted octanol–water partition coefficient (Wildman–Crippen LogP) is 4.53. The Labute approximate surface area is 154 Å². The normalized spacial score (nSPS) is 14.5. The maximum absolute atomic E-state index is 12.5. The van der Waals surface area contributed by atoms with E-state index in [-0.39, 0.29) is 17.1 Å². The van der Waals surface area contributed by atoms with E-state index in [4.69, 9.17) is 14.6 Å². The first kappa shape index (κ1) is 16.7. The van der Waals surface area contributed by atoms with Crippen molar-refractivity contribution in [2.24, 2.45) is 0 Å². The van der Waals surface area contributed by atoms with Gasteiger partial charge in [0.25, 0.3) is 0 Å². The molecule has 1 heterocycles. The summed E-state index contributed by atoms with van der Waals surface area (Å²) < 4.78 is 12.1. The van der Waals surface area contributed by atoms with Gasteiger partial charge in [0.2, 0.25) is 5.78 Å². The average Bonchev–Trinajstić information content (AvgIpc) is 2.85. The van der Waals surface area contributed by atoms with Gasteiger partial charge in [0, 0.05) is 0 Å². The Hall–Kier alpha value is -2.12. The van der Waals surface area contributed by atoms with E-state index in [1.165, 1.54) is 19.2 Å². The van der Waals surface area contributed by atoms with Gasteiger partial charge in [-0.2, -0.15) is 0 Å². The molecule has 1 aliphatic rings. The molecule has 7 heteroatoms. The van der Waals surface area contributed by atoms with Crippen molar-refractivity contribution in [3.8, 4) is 11.5 Å². The quantitative estimate of drug-likeness (QED) is 0.691. The minimum Gasteiger partial charge on any atom is -0.494 e. The number of ketones is 1. The molecular formula is C17H10Br2O5. The number of fused-ring (bicyclic) bond motifs is 1. The topological polar surface area (TPSA) is 72.8 Å². The van der Waals surface area contributed by atoms with Crippen LogP contribution in [0.15, 0.2) is 45.0 Å². The lowest BCUT2D eigenvalue weighted by atomic mass is 10.1. The number of aromatic carboxylic acids is 1. The van der Waals surface area contributed by atoms with Crippen molar-refractivity contribution < 1.29 is 24.2 Å². The monoisotopic (exact) mass is 452 g/mol. The highest BCUT2D eigenvalue weighted by Gasteiger charge is 2.32. The number of allylic oxidation sites excluding steroid dienone is 1. The van der Waals surface area contributed by atoms with Gasteiger partial charge in [-0.05, 0) is 61.7 Å². The fourth-order valence-electron chi connectivity index (χ4n) is 2.30. The van der Waals surface area contributed by atoms with Gasteiger partial charge in [-0.15, -0.1) is 0 Å². The van der Waals surface area contributed by atoms with Crippen molar-refractivity contribution in [2.45, 2.75) is 0 Å². The summed E-state index contributed by atoms with van der Waals surface area (Å²) in [5.74, 6) is -0.164. The molecule has 5 nitrogen and oxygen atoms in total. The molecule has 0 spiro atoms. The molecule has 0 fully saturated rings. The Kier molecular flexibility index (Phi) is 4.47. The SMILES string of the molecule is COc1c(Br)cc2c(c1Br)O/C(=C\c1ccc(C(=O)O)cc1)C2=O. The van der Waals surface area contributed by atoms with E-state index in [0.29, 0.717) is 31.6 Å². The van der Waals surface area contributed by atoms with Crippen LogP contribution in [-0.4, -0.2) is 24.0 Å². The van der Waals surface area contributed by atoms with Crippen LogP contribution >= 0.6 is 31.9 Å². The summed E-state index contributed by atoms with van der Waals surface area (Å²) in [5, 5.41) is 8.91. The zero-order valence-electron chi connectivity index (χ0n) is 12.3. The van der Waals surface area contributed by atoms with Crippen molar-refractivity contribution in [3.63, 3.8) is 0 Å². The lowest BCUT2D eigenvalue weighted by molar-refractivity contribution is 0.0696. The average molecular weight is 454 g/mol. The number of hydrogen-bond acceptors (Lipinski definition) is 4. The van der Waals surface area contributed by atoms with Crippen molar-refractivity contribution in [2.75, 3.05) is 7.11 Å². The van der Waals surface area contributed by atoms with Crippen LogP contribution in [0.2, 0.25) is 0 Å². The Morgan fingerprint density at radius 2 is 1.92 bits per heavy atom. The number of methoxy groups -OCH3 is 1. The van der Waals surface area contributed by atoms with E-state index < -0.39 is 5.97 Å². The number of hydrogen-bond donors (Lipinski definition) is 1. The zero-order chi connectivity index (χ0) is 17.4. The summed E-state index contributed by atoms with van der Waals surface area (Å²) in [6, 6.07) is 7.81. The molecule has 2 aromatic rings. The van der Waals surface area contributed by atoms with Gasteiger partial charge >= 0.3 is 5.97 Å². The van der Waals surface area contributed by atoms with E-state index in [2.05, 4.69) is 31.9 Å². The third-order valence-corrected chi connectivity index (χ3v) is 4.78. The maximum atomic E-state index is 12.5. The largest absolute Gasteiger partial charge is 0.494 e. The fraction of sp³-hybridized carbons (Fsp3) is 0.0588. The molecule has 0 radical (unpaired) electrons. The number of benzene rings is 2. The summed E-state index contributed by atoms with van der Waals surface area (Å²) in [6.07, 6.45) is 1.57. The first-order chi connectivity index (χ1) is 11.4. The first-order valence-corrected chi connectivity index (χ1v) is 8.34. The predicted molar refractivity (Wildman–Crippen MR) is 94.7 cm³/mol. The van der Waals surface area contributed by atoms with Crippen LogP contribution in [0.5, 0.6) is 11.5 Å². The molecule has 0 aromatic heterocycles. The number of ether oxygens (including phenoxy) is 2. The highest BCUT2D eigenvalue weighted by atomic mass is 79.9. The molecule has 0 amide bonds. The molecule has 24 heavy (non-hydrogen) atoms. The van der Waals surface area contributed by atoms with Crippen LogP contribution in [0, 0.1) is 0 Å². The second-order valence-corrected chi connectivity index (χ2v) is 6.60. The molecular weight excluding hydrogens is 444 g/mol. The van der Waals surface area contributed by atoms with Crippen LogP contribution in [0.4, 0.5) is 0 Å². The second-order valence-electron chi connectivity index (χ2n) is 4.95. The molecule has 3 rings (SSSR count). The summed E-state index contributed by atoms with van der Waals surface area (Å²) in [7, 11) is 1.52. The number of carbonyl (C=O) groups is 2. The van der Waals surface area contributed by atoms with Crippen molar-refractivity contribution in [1.29, 1.82) is 0 Å². The third kappa shape index (κ3) is 2.85. The van der Waals surface area contributed by atoms with Crippen molar-refractivity contribution in [1.82, 2.24) is 0 Å². The van der Waals surface area contributed by atoms with Gasteiger partial charge < -0.3 is 14.6 Å². The minimum absolute atomic E-state index is 0.161. The minimum atomic E-state index is -1.00. The zero-order valence-corrected chi connectivity index (χ0v) is 15.5. The van der Waals surface area contributed by atoms with E-state index in [9.17, 15) is 9.59 Å². The van der Waals surface area contributed by atoms with Gasteiger partial charge in [0.15, 0.2) is 17.3 Å². The number of halogens is 2. The molecule has 2 aromatic carbocycles.